The average molecular weight is 1750 g/mol. The first-order chi connectivity index (χ1) is 54.0. The van der Waals surface area contributed by atoms with Crippen LogP contribution < -0.4 is 68.5 Å². The molecule has 23 unspecified atom stereocenters. The second kappa shape index (κ2) is 35.2. The van der Waals surface area contributed by atoms with Gasteiger partial charge in [0.05, 0.1) is 45.7 Å². The predicted molar refractivity (Wildman–Crippen MR) is 376 cm³/mol. The maximum Gasteiger partial charge on any atom is 0.472 e. The van der Waals surface area contributed by atoms with E-state index in [1.54, 1.807) is 0 Å². The lowest BCUT2D eigenvalue weighted by Gasteiger charge is -2.26. The van der Waals surface area contributed by atoms with E-state index in [4.69, 9.17) is 108 Å². The Balaban J connectivity index is 0.722. The van der Waals surface area contributed by atoms with E-state index in [9.17, 15) is 95.5 Å². The summed E-state index contributed by atoms with van der Waals surface area (Å²) >= 11 is 0. The van der Waals surface area contributed by atoms with Crippen molar-refractivity contribution in [3.63, 3.8) is 0 Å². The van der Waals surface area contributed by atoms with Gasteiger partial charge in [0.25, 0.3) is 0 Å². The Hall–Kier alpha value is -7.54. The monoisotopic (exact) mass is 1750 g/mol. The van der Waals surface area contributed by atoms with Crippen molar-refractivity contribution in [2.75, 3.05) is 74.0 Å². The fourth-order valence-electron chi connectivity index (χ4n) is 12.6. The molecule has 0 saturated carbocycles. The highest BCUT2D eigenvalue weighted by Crippen LogP contribution is 2.56. The van der Waals surface area contributed by atoms with Crippen LogP contribution in [0, 0.1) is 0 Å². The van der Waals surface area contributed by atoms with E-state index in [0.29, 0.717) is 0 Å². The van der Waals surface area contributed by atoms with Gasteiger partial charge in [0.2, 0.25) is 0 Å². The maximum absolute atomic E-state index is 14.3. The zero-order valence-electron chi connectivity index (χ0n) is 58.7. The lowest BCUT2D eigenvalue weighted by molar-refractivity contribution is -0.0656. The Bertz CT molecular complexity index is 5240. The first-order valence-corrected chi connectivity index (χ1v) is 42.7. The molecule has 6 fully saturated rings. The van der Waals surface area contributed by atoms with E-state index in [1.807, 2.05) is 0 Å². The number of hydrogen-bond acceptors (Lipinski definition) is 42. The molecule has 61 heteroatoms. The minimum atomic E-state index is -5.65. The Morgan fingerprint density at radius 3 is 0.670 bits per heavy atom. The van der Waals surface area contributed by atoms with Crippen LogP contribution in [0.4, 0.5) is 34.9 Å². The quantitative estimate of drug-likeness (QED) is 0.0176. The van der Waals surface area contributed by atoms with Gasteiger partial charge in [-0.05, 0) is 36.4 Å². The van der Waals surface area contributed by atoms with Gasteiger partial charge >= 0.3 is 81.1 Å². The number of hydrogen-bond donors (Lipinski definition) is 14. The minimum Gasteiger partial charge on any atom is -0.390 e. The molecule has 6 aromatic heterocycles. The van der Waals surface area contributed by atoms with Crippen LogP contribution in [0.2, 0.25) is 0 Å². The van der Waals surface area contributed by atoms with E-state index < -0.39 is 263 Å². The van der Waals surface area contributed by atoms with Gasteiger partial charge in [-0.3, -0.25) is 77.2 Å². The van der Waals surface area contributed by atoms with E-state index in [-0.39, 0.29) is 41.3 Å². The van der Waals surface area contributed by atoms with Gasteiger partial charge in [0.15, 0.2) is 0 Å². The Kier molecular flexibility index (Phi) is 26.5. The fraction of sp³-hybridized carbons (Fsp3) is 0.556. The molecule has 0 spiro atoms. The van der Waals surface area contributed by atoms with Crippen LogP contribution in [0.25, 0.3) is 0 Å². The van der Waals surface area contributed by atoms with Gasteiger partial charge in [-0.25, -0.2) is 56.2 Å². The normalized spacial score (nSPS) is 30.4. The van der Waals surface area contributed by atoms with Gasteiger partial charge in [0.1, 0.15) is 139 Å². The van der Waals surface area contributed by atoms with Crippen LogP contribution >= 0.6 is 46.9 Å². The molecule has 0 bridgehead atoms. The van der Waals surface area contributed by atoms with Crippen molar-refractivity contribution in [2.24, 2.45) is 0 Å². The molecule has 12 rings (SSSR count). The number of aliphatic hydroxyl groups is 1. The topological polar surface area (TPSA) is 787 Å². The number of ether oxygens (including phenoxy) is 6. The first kappa shape index (κ1) is 86.8. The summed E-state index contributed by atoms with van der Waals surface area (Å²) in [6, 6.07) is 7.17. The molecule has 55 nitrogen and oxygen atoms in total. The average Bonchev–Trinajstić information content (AvgIpc) is 1.67. The lowest BCUT2D eigenvalue weighted by Crippen LogP contribution is -2.32. The first-order valence-electron chi connectivity index (χ1n) is 33.7. The second-order valence-corrected chi connectivity index (χ2v) is 34.1. The standard InChI is InChI=1S/C54H74N18O37P6/c55-37-1-7-67(49(74)61-37)43-13-25(73)31(99-43)19-94-111(83,84)106-27-15-45(69-9-3-39(57)63-51(69)76)101-33(27)21-96-113(87,88)108-29-17-47(71-11-5-41(59)65-53(71)78)103-35(29)23-98-115(91,92)109-30-18-48(72-12-6-42(60)66-54(72)79)104-36(30)24-97-114(89,90)107-28-16-46(70-10-4-40(58)64-52(70)77)102-34(28)22-95-112(85,86)105-26-14-44(68-8-2-38(56)62-50(68)75)100-32(26)20-93-110(80,81)82/h1-12,25-36,43-48,73H,13-24H2,(H,83,84)(H,85,86)(H,87,88)(H,89,90)(H,91,92)(H2,55,61,74)(H2,56,62,75)(H2,57,63,76)(H2,58,64,77)(H2,59,65,78)(H2,60,66,79)(H2,80,81,82). The highest BCUT2D eigenvalue weighted by Gasteiger charge is 2.51. The summed E-state index contributed by atoms with van der Waals surface area (Å²) in [5.74, 6) is -1.27. The molecule has 12 heterocycles. The molecule has 6 aliphatic heterocycles. The Morgan fingerprint density at radius 1 is 0.304 bits per heavy atom. The highest BCUT2D eigenvalue weighted by atomic mass is 31.2. The fourth-order valence-corrected chi connectivity index (χ4v) is 17.7. The van der Waals surface area contributed by atoms with Crippen LogP contribution in [-0.2, 0) is 106 Å². The third-order valence-electron chi connectivity index (χ3n) is 17.8. The van der Waals surface area contributed by atoms with Crippen LogP contribution in [0.15, 0.2) is 102 Å². The number of nitrogens with zero attached hydrogens (tertiary/aromatic N) is 12. The van der Waals surface area contributed by atoms with Crippen LogP contribution in [0.1, 0.15) is 75.9 Å². The summed E-state index contributed by atoms with van der Waals surface area (Å²) in [6.45, 7) is -6.33. The number of nitrogen functional groups attached to an aromatic ring is 6. The van der Waals surface area contributed by atoms with Gasteiger partial charge in [-0.2, -0.15) is 29.9 Å². The lowest BCUT2D eigenvalue weighted by atomic mass is 10.2. The number of nitrogens with two attached hydrogens (primary N) is 6. The third-order valence-corrected chi connectivity index (χ3v) is 23.4. The van der Waals surface area contributed by atoms with Crippen molar-refractivity contribution in [1.29, 1.82) is 0 Å². The van der Waals surface area contributed by atoms with E-state index in [0.717, 1.165) is 70.5 Å². The molecule has 0 radical (unpaired) electrons. The molecule has 6 saturated heterocycles. The number of rotatable bonds is 34. The van der Waals surface area contributed by atoms with Gasteiger partial charge < -0.3 is 102 Å². The summed E-state index contributed by atoms with van der Waals surface area (Å²) < 4.78 is 181. The van der Waals surface area contributed by atoms with Gasteiger partial charge in [-0.15, -0.1) is 0 Å². The van der Waals surface area contributed by atoms with Crippen LogP contribution in [0.5, 0.6) is 0 Å². The molecule has 6 aliphatic rings. The van der Waals surface area contributed by atoms with Crippen molar-refractivity contribution in [3.05, 3.63) is 136 Å². The molecule has 6 aromatic rings. The van der Waals surface area contributed by atoms with Gasteiger partial charge in [-0.1, -0.05) is 0 Å². The summed E-state index contributed by atoms with van der Waals surface area (Å²) in [7, 11) is -32.8. The third kappa shape index (κ3) is 22.5. The number of anilines is 6. The number of phosphoric ester groups is 6. The van der Waals surface area contributed by atoms with Crippen molar-refractivity contribution in [2.45, 2.75) is 149 Å². The van der Waals surface area contributed by atoms with E-state index in [2.05, 4.69) is 34.4 Å². The highest BCUT2D eigenvalue weighted by molar-refractivity contribution is 7.48. The maximum atomic E-state index is 14.3. The SMILES string of the molecule is Nc1ccn(C2CC(O)C(COP(=O)(O)OC3CC(n4ccc(N)nc4=O)OC3COP(=O)(O)OC3CC(n4ccc(N)nc4=O)OC3COP(=O)(O)OC3CC(n4ccc(N)nc4=O)OC3COP(=O)(O)OC3CC(n4ccc(N)nc4=O)OC3COP(=O)(O)OC3CC(n4ccc(N)nc4=O)OC3COP(=O)(O)O)O2)c(=O)n1. The zero-order chi connectivity index (χ0) is 83.0. The second-order valence-electron chi connectivity index (χ2n) is 25.8. The molecule has 115 heavy (non-hydrogen) atoms. The van der Waals surface area contributed by atoms with E-state index in [1.165, 1.54) is 30.5 Å². The molecule has 0 aromatic carbocycles. The molecular formula is C54H74N18O37P6. The van der Waals surface area contributed by atoms with Crippen molar-refractivity contribution in [1.82, 2.24) is 57.3 Å². The summed E-state index contributed by atoms with van der Waals surface area (Å²) in [5, 5.41) is 10.8. The predicted octanol–water partition coefficient (Wildman–Crippen LogP) is -3.27. The minimum absolute atomic E-state index is 0.102. The zero-order valence-corrected chi connectivity index (χ0v) is 64.1. The summed E-state index contributed by atoms with van der Waals surface area (Å²) in [4.78, 5) is 175. The number of aromatic nitrogens is 12. The van der Waals surface area contributed by atoms with Gasteiger partial charge in [0, 0.05) is 75.7 Å². The molecule has 0 aliphatic carbocycles. The Morgan fingerprint density at radius 2 is 0.478 bits per heavy atom. The number of phosphoric acid groups is 6. The molecule has 23 atom stereocenters. The smallest absolute Gasteiger partial charge is 0.390 e. The molecular weight excluding hydrogens is 1680 g/mol. The van der Waals surface area contributed by atoms with Crippen LogP contribution in [-0.4, -0.2) is 210 Å². The largest absolute Gasteiger partial charge is 0.472 e. The molecule has 0 amide bonds. The van der Waals surface area contributed by atoms with Crippen molar-refractivity contribution < 1.29 is 145 Å². The summed E-state index contributed by atoms with van der Waals surface area (Å²) in [6.07, 6.45) is -24.7. The summed E-state index contributed by atoms with van der Waals surface area (Å²) in [5.41, 5.74) is 28.1. The van der Waals surface area contributed by atoms with Crippen LogP contribution in [0.3, 0.4) is 0 Å². The molecule has 632 valence electrons. The van der Waals surface area contributed by atoms with Crippen molar-refractivity contribution in [3.8, 4) is 0 Å². The van der Waals surface area contributed by atoms with Crippen molar-refractivity contribution >= 4 is 81.8 Å². The van der Waals surface area contributed by atoms with E-state index >= 15 is 0 Å². The Labute approximate surface area is 641 Å². The number of aliphatic hydroxyl groups excluding tert-OH is 1. The molecule has 20 N–H and O–H groups in total.